The lowest BCUT2D eigenvalue weighted by Gasteiger charge is -2.14. The van der Waals surface area contributed by atoms with Gasteiger partial charge in [-0.2, -0.15) is 9.78 Å². The number of hydrogen-bond donors (Lipinski definition) is 0. The van der Waals surface area contributed by atoms with Crippen LogP contribution in [-0.2, 0) is 12.8 Å². The Balaban J connectivity index is 1.58. The molecule has 5 nitrogen and oxygen atoms in total. The predicted octanol–water partition coefficient (Wildman–Crippen LogP) is 3.43. The van der Waals surface area contributed by atoms with Crippen LogP contribution >= 0.6 is 11.8 Å². The normalized spacial score (nSPS) is 13.2. The predicted molar refractivity (Wildman–Crippen MR) is 99.5 cm³/mol. The zero-order valence-corrected chi connectivity index (χ0v) is 14.7. The number of aromatic nitrogens is 3. The number of thioether (sulfide) groups is 1. The van der Waals surface area contributed by atoms with Gasteiger partial charge in [-0.05, 0) is 23.6 Å². The van der Waals surface area contributed by atoms with Crippen molar-refractivity contribution in [2.45, 2.75) is 18.0 Å². The van der Waals surface area contributed by atoms with Gasteiger partial charge in [0.05, 0.1) is 12.8 Å². The summed E-state index contributed by atoms with van der Waals surface area (Å²) in [4.78, 5) is 0. The van der Waals surface area contributed by atoms with Crippen LogP contribution in [0.2, 0.25) is 0 Å². The Hall–Kier alpha value is -2.60. The number of hydrogen-bond acceptors (Lipinski definition) is 5. The lowest BCUT2D eigenvalue weighted by molar-refractivity contribution is 0.409. The second-order valence-electron chi connectivity index (χ2n) is 5.72. The summed E-state index contributed by atoms with van der Waals surface area (Å²) in [6.07, 6.45) is 1.60. The molecule has 126 valence electrons. The van der Waals surface area contributed by atoms with Gasteiger partial charge in [-0.3, -0.25) is 0 Å². The first-order chi connectivity index (χ1) is 12.3. The molecule has 0 N–H and O–H groups in total. The molecule has 2 aromatic carbocycles. The molecule has 0 amide bonds. The monoisotopic (exact) mass is 350 g/mol. The van der Waals surface area contributed by atoms with E-state index in [9.17, 15) is 0 Å². The van der Waals surface area contributed by atoms with Crippen molar-refractivity contribution in [3.8, 4) is 5.75 Å². The third-order valence-corrected chi connectivity index (χ3v) is 5.08. The van der Waals surface area contributed by atoms with Crippen LogP contribution < -0.4 is 4.74 Å². The number of aryl methyl sites for hydroxylation is 2. The topological polar surface area (TPSA) is 52.3 Å². The van der Waals surface area contributed by atoms with Crippen LogP contribution in [0.1, 0.15) is 17.0 Å². The zero-order chi connectivity index (χ0) is 17.1. The minimum Gasteiger partial charge on any atom is -0.496 e. The molecule has 0 saturated heterocycles. The fourth-order valence-corrected chi connectivity index (χ4v) is 3.71. The van der Waals surface area contributed by atoms with Crippen LogP contribution in [0.25, 0.3) is 0 Å². The van der Waals surface area contributed by atoms with Crippen molar-refractivity contribution >= 4 is 17.5 Å². The van der Waals surface area contributed by atoms with Gasteiger partial charge in [0.2, 0.25) is 5.16 Å². The molecule has 0 radical (unpaired) electrons. The summed E-state index contributed by atoms with van der Waals surface area (Å²) >= 11 is 1.68. The van der Waals surface area contributed by atoms with E-state index in [0.29, 0.717) is 0 Å². The number of nitrogens with zero attached hydrogens (tertiary/aromatic N) is 4. The molecule has 3 aromatic rings. The molecular formula is C19H18N4OS. The number of fused-ring (bicyclic) bond motifs is 1. The first kappa shape index (κ1) is 15.9. The van der Waals surface area contributed by atoms with Gasteiger partial charge in [0.1, 0.15) is 5.75 Å². The van der Waals surface area contributed by atoms with Crippen LogP contribution in [0.15, 0.2) is 64.9 Å². The van der Waals surface area contributed by atoms with Crippen LogP contribution in [0.5, 0.6) is 5.75 Å². The fourth-order valence-electron chi connectivity index (χ4n) is 2.85. The molecular weight excluding hydrogens is 332 g/mol. The Morgan fingerprint density at radius 1 is 1.00 bits per heavy atom. The lowest BCUT2D eigenvalue weighted by atomic mass is 10.1. The molecule has 0 atom stereocenters. The first-order valence-electron chi connectivity index (χ1n) is 8.17. The van der Waals surface area contributed by atoms with Crippen LogP contribution in [0.4, 0.5) is 0 Å². The molecule has 0 unspecified atom stereocenters. The first-order valence-corrected chi connectivity index (χ1v) is 9.16. The highest BCUT2D eigenvalue weighted by Gasteiger charge is 2.19. The average molecular weight is 350 g/mol. The minimum atomic E-state index is 0.763. The molecule has 1 aromatic heterocycles. The van der Waals surface area contributed by atoms with E-state index in [4.69, 9.17) is 9.84 Å². The van der Waals surface area contributed by atoms with Crippen LogP contribution in [0, 0.1) is 0 Å². The van der Waals surface area contributed by atoms with Gasteiger partial charge in [-0.25, -0.2) is 0 Å². The summed E-state index contributed by atoms with van der Waals surface area (Å²) in [6.45, 7) is 0. The molecule has 1 aliphatic heterocycles. The largest absolute Gasteiger partial charge is 0.496 e. The Morgan fingerprint density at radius 2 is 1.80 bits per heavy atom. The van der Waals surface area contributed by atoms with Crippen molar-refractivity contribution in [2.24, 2.45) is 5.10 Å². The number of benzene rings is 2. The van der Waals surface area contributed by atoms with Gasteiger partial charge >= 0.3 is 0 Å². The Kier molecular flexibility index (Phi) is 4.52. The summed E-state index contributed by atoms with van der Waals surface area (Å²) in [5, 5.41) is 14.3. The summed E-state index contributed by atoms with van der Waals surface area (Å²) in [6, 6.07) is 18.3. The quantitative estimate of drug-likeness (QED) is 0.707. The van der Waals surface area contributed by atoms with Gasteiger partial charge in [0.15, 0.2) is 5.82 Å². The van der Waals surface area contributed by atoms with Crippen molar-refractivity contribution in [2.75, 3.05) is 12.9 Å². The summed E-state index contributed by atoms with van der Waals surface area (Å²) in [5.74, 6) is 2.60. The highest BCUT2D eigenvalue weighted by atomic mass is 32.2. The summed E-state index contributed by atoms with van der Waals surface area (Å²) in [5.41, 5.74) is 3.36. The van der Waals surface area contributed by atoms with Crippen LogP contribution in [-0.4, -0.2) is 33.4 Å². The van der Waals surface area contributed by atoms with E-state index < -0.39 is 0 Å². The van der Waals surface area contributed by atoms with Gasteiger partial charge in [-0.1, -0.05) is 60.3 Å². The third-order valence-electron chi connectivity index (χ3n) is 4.15. The second-order valence-corrected chi connectivity index (χ2v) is 6.67. The van der Waals surface area contributed by atoms with Crippen LogP contribution in [0.3, 0.4) is 0 Å². The number of rotatable bonds is 5. The van der Waals surface area contributed by atoms with E-state index in [2.05, 4.69) is 28.4 Å². The van der Waals surface area contributed by atoms with E-state index in [1.165, 1.54) is 0 Å². The van der Waals surface area contributed by atoms with Crippen molar-refractivity contribution < 1.29 is 4.74 Å². The van der Waals surface area contributed by atoms with Gasteiger partial charge in [-0.15, -0.1) is 10.2 Å². The zero-order valence-electron chi connectivity index (χ0n) is 13.9. The molecule has 0 aliphatic carbocycles. The van der Waals surface area contributed by atoms with E-state index in [-0.39, 0.29) is 0 Å². The van der Waals surface area contributed by atoms with Crippen molar-refractivity contribution in [3.05, 3.63) is 71.5 Å². The van der Waals surface area contributed by atoms with E-state index >= 15 is 0 Å². The van der Waals surface area contributed by atoms with Gasteiger partial charge in [0.25, 0.3) is 0 Å². The molecule has 0 bridgehead atoms. The Bertz CT molecular complexity index is 905. The molecule has 0 spiro atoms. The molecule has 4 rings (SSSR count). The van der Waals surface area contributed by atoms with E-state index in [1.54, 1.807) is 18.9 Å². The number of ether oxygens (including phenoxy) is 1. The van der Waals surface area contributed by atoms with Crippen molar-refractivity contribution in [3.63, 3.8) is 0 Å². The SMILES string of the molecule is COc1ccccc1CCc1nnc2n1N=C(c1ccccc1)CS2. The smallest absolute Gasteiger partial charge is 0.212 e. The molecule has 25 heavy (non-hydrogen) atoms. The maximum Gasteiger partial charge on any atom is 0.212 e. The fraction of sp³-hybridized carbons (Fsp3) is 0.211. The highest BCUT2D eigenvalue weighted by Crippen LogP contribution is 2.25. The molecule has 6 heteroatoms. The summed E-state index contributed by atoms with van der Waals surface area (Å²) < 4.78 is 7.31. The maximum atomic E-state index is 5.43. The van der Waals surface area contributed by atoms with Crippen molar-refractivity contribution in [1.29, 1.82) is 0 Å². The molecule has 2 heterocycles. The van der Waals surface area contributed by atoms with E-state index in [0.717, 1.165) is 52.2 Å². The Morgan fingerprint density at radius 3 is 2.64 bits per heavy atom. The molecule has 0 saturated carbocycles. The lowest BCUT2D eigenvalue weighted by Crippen LogP contribution is -2.14. The molecule has 0 fully saturated rings. The highest BCUT2D eigenvalue weighted by molar-refractivity contribution is 7.99. The number of methoxy groups -OCH3 is 1. The standard InChI is InChI=1S/C19H18N4OS/c1-24-17-10-6-5-9-15(17)11-12-18-20-21-19-23(18)22-16(13-25-19)14-7-3-2-4-8-14/h2-10H,11-13H2,1H3. The molecule has 1 aliphatic rings. The second kappa shape index (κ2) is 7.11. The summed E-state index contributed by atoms with van der Waals surface area (Å²) in [7, 11) is 1.70. The van der Waals surface area contributed by atoms with E-state index in [1.807, 2.05) is 41.1 Å². The number of para-hydroxylation sites is 1. The minimum absolute atomic E-state index is 0.763. The third kappa shape index (κ3) is 3.30. The van der Waals surface area contributed by atoms with Gasteiger partial charge < -0.3 is 4.74 Å². The average Bonchev–Trinajstić information content (AvgIpc) is 3.09. The Labute approximate surface area is 150 Å². The van der Waals surface area contributed by atoms with Gasteiger partial charge in [0, 0.05) is 12.2 Å². The maximum absolute atomic E-state index is 5.43. The van der Waals surface area contributed by atoms with Crippen molar-refractivity contribution in [1.82, 2.24) is 14.9 Å².